The lowest BCUT2D eigenvalue weighted by molar-refractivity contribution is 0.589. The summed E-state index contributed by atoms with van der Waals surface area (Å²) in [5.41, 5.74) is 4.42. The molecule has 0 bridgehead atoms. The van der Waals surface area contributed by atoms with Crippen molar-refractivity contribution in [3.05, 3.63) is 95.3 Å². The van der Waals surface area contributed by atoms with Gasteiger partial charge in [-0.25, -0.2) is 8.42 Å². The standard InChI is InChI=1S/C21H22N2O2S/c1-17-8-10-19(11-9-17)16-26(24,25)23(15-20-6-4-12-22-14-20)21-7-3-5-18(2)13-21/h3-14H,15-16H2,1-2H3. The molecule has 1 aromatic heterocycles. The van der Waals surface area contributed by atoms with Crippen molar-refractivity contribution in [2.45, 2.75) is 26.1 Å². The SMILES string of the molecule is Cc1ccc(CS(=O)(=O)N(Cc2cccnc2)c2cccc(C)c2)cc1. The molecule has 0 radical (unpaired) electrons. The lowest BCUT2D eigenvalue weighted by atomic mass is 10.2. The molecule has 0 aliphatic rings. The first kappa shape index (κ1) is 18.1. The van der Waals surface area contributed by atoms with E-state index in [2.05, 4.69) is 4.98 Å². The number of aromatic nitrogens is 1. The van der Waals surface area contributed by atoms with Crippen molar-refractivity contribution in [2.24, 2.45) is 0 Å². The number of rotatable bonds is 6. The monoisotopic (exact) mass is 366 g/mol. The Kier molecular flexibility index (Phi) is 5.38. The van der Waals surface area contributed by atoms with Crippen LogP contribution in [0.3, 0.4) is 0 Å². The van der Waals surface area contributed by atoms with E-state index in [9.17, 15) is 8.42 Å². The van der Waals surface area contributed by atoms with Crippen LogP contribution in [-0.4, -0.2) is 13.4 Å². The molecule has 1 heterocycles. The van der Waals surface area contributed by atoms with Gasteiger partial charge in [0.1, 0.15) is 0 Å². The van der Waals surface area contributed by atoms with Crippen LogP contribution in [0.2, 0.25) is 0 Å². The summed E-state index contributed by atoms with van der Waals surface area (Å²) < 4.78 is 27.9. The number of aryl methyl sites for hydroxylation is 2. The molecular formula is C21H22N2O2S. The number of hydrogen-bond acceptors (Lipinski definition) is 3. The predicted molar refractivity (Wildman–Crippen MR) is 105 cm³/mol. The molecule has 0 atom stereocenters. The second kappa shape index (κ2) is 7.70. The summed E-state index contributed by atoms with van der Waals surface area (Å²) in [7, 11) is -3.55. The van der Waals surface area contributed by atoms with Gasteiger partial charge in [-0.2, -0.15) is 0 Å². The first-order chi connectivity index (χ1) is 12.4. The fourth-order valence-electron chi connectivity index (χ4n) is 2.76. The molecule has 4 nitrogen and oxygen atoms in total. The lowest BCUT2D eigenvalue weighted by Crippen LogP contribution is -2.31. The molecule has 0 aliphatic heterocycles. The molecule has 0 spiro atoms. The maximum absolute atomic E-state index is 13.2. The first-order valence-corrected chi connectivity index (χ1v) is 10.1. The van der Waals surface area contributed by atoms with E-state index in [0.717, 1.165) is 22.3 Å². The van der Waals surface area contributed by atoms with Crippen molar-refractivity contribution in [2.75, 3.05) is 4.31 Å². The summed E-state index contributed by atoms with van der Waals surface area (Å²) in [4.78, 5) is 4.10. The fraction of sp³-hybridized carbons (Fsp3) is 0.190. The normalized spacial score (nSPS) is 11.3. The van der Waals surface area contributed by atoms with Crippen LogP contribution in [0.5, 0.6) is 0 Å². The Balaban J connectivity index is 1.96. The second-order valence-electron chi connectivity index (χ2n) is 6.45. The highest BCUT2D eigenvalue weighted by Crippen LogP contribution is 2.24. The summed E-state index contributed by atoms with van der Waals surface area (Å²) in [5.74, 6) is -0.0402. The number of pyridine rings is 1. The number of nitrogens with zero attached hydrogens (tertiary/aromatic N) is 2. The third-order valence-electron chi connectivity index (χ3n) is 4.14. The van der Waals surface area contributed by atoms with Crippen LogP contribution in [0.1, 0.15) is 22.3 Å². The molecule has 0 unspecified atom stereocenters. The summed E-state index contributed by atoms with van der Waals surface area (Å²) in [6, 6.07) is 18.9. The Bertz CT molecular complexity index is 968. The van der Waals surface area contributed by atoms with Crippen molar-refractivity contribution in [3.8, 4) is 0 Å². The van der Waals surface area contributed by atoms with Crippen molar-refractivity contribution >= 4 is 15.7 Å². The van der Waals surface area contributed by atoms with Crippen LogP contribution in [0, 0.1) is 13.8 Å². The van der Waals surface area contributed by atoms with Gasteiger partial charge < -0.3 is 0 Å². The summed E-state index contributed by atoms with van der Waals surface area (Å²) in [6.07, 6.45) is 3.38. The quantitative estimate of drug-likeness (QED) is 0.656. The van der Waals surface area contributed by atoms with Gasteiger partial charge in [-0.05, 0) is 48.7 Å². The summed E-state index contributed by atoms with van der Waals surface area (Å²) in [5, 5.41) is 0. The number of benzene rings is 2. The average Bonchev–Trinajstić information content (AvgIpc) is 2.62. The maximum Gasteiger partial charge on any atom is 0.239 e. The van der Waals surface area contributed by atoms with Gasteiger partial charge in [0.25, 0.3) is 0 Å². The molecule has 0 amide bonds. The molecule has 134 valence electrons. The van der Waals surface area contributed by atoms with E-state index in [1.54, 1.807) is 12.4 Å². The average molecular weight is 366 g/mol. The third kappa shape index (κ3) is 4.49. The molecular weight excluding hydrogens is 344 g/mol. The Hall–Kier alpha value is -2.66. The van der Waals surface area contributed by atoms with E-state index < -0.39 is 10.0 Å². The van der Waals surface area contributed by atoms with Crippen molar-refractivity contribution in [3.63, 3.8) is 0 Å². The highest BCUT2D eigenvalue weighted by atomic mass is 32.2. The van der Waals surface area contributed by atoms with Gasteiger partial charge in [-0.15, -0.1) is 0 Å². The van der Waals surface area contributed by atoms with Gasteiger partial charge in [0.15, 0.2) is 0 Å². The van der Waals surface area contributed by atoms with Crippen LogP contribution in [0.15, 0.2) is 73.1 Å². The Labute approximate surface area is 155 Å². The minimum absolute atomic E-state index is 0.0402. The van der Waals surface area contributed by atoms with Crippen LogP contribution < -0.4 is 4.31 Å². The molecule has 2 aromatic carbocycles. The Morgan fingerprint density at radius 2 is 1.65 bits per heavy atom. The predicted octanol–water partition coefficient (Wildman–Crippen LogP) is 4.24. The number of hydrogen-bond donors (Lipinski definition) is 0. The van der Waals surface area contributed by atoms with Crippen molar-refractivity contribution in [1.82, 2.24) is 4.98 Å². The van der Waals surface area contributed by atoms with E-state index in [1.807, 2.05) is 74.5 Å². The van der Waals surface area contributed by atoms with Crippen LogP contribution in [-0.2, 0) is 22.3 Å². The van der Waals surface area contributed by atoms with E-state index in [1.165, 1.54) is 4.31 Å². The summed E-state index contributed by atoms with van der Waals surface area (Å²) in [6.45, 7) is 4.20. The smallest absolute Gasteiger partial charge is 0.239 e. The van der Waals surface area contributed by atoms with Gasteiger partial charge in [0.05, 0.1) is 18.0 Å². The van der Waals surface area contributed by atoms with Crippen molar-refractivity contribution < 1.29 is 8.42 Å². The Morgan fingerprint density at radius 3 is 2.31 bits per heavy atom. The molecule has 3 aromatic rings. The summed E-state index contributed by atoms with van der Waals surface area (Å²) >= 11 is 0. The van der Waals surface area contributed by atoms with Gasteiger partial charge in [-0.1, -0.05) is 48.0 Å². The zero-order chi connectivity index (χ0) is 18.6. The third-order valence-corrected chi connectivity index (χ3v) is 5.85. The van der Waals surface area contributed by atoms with Gasteiger partial charge in [-0.3, -0.25) is 9.29 Å². The zero-order valence-electron chi connectivity index (χ0n) is 15.0. The molecule has 0 saturated carbocycles. The maximum atomic E-state index is 13.2. The highest BCUT2D eigenvalue weighted by molar-refractivity contribution is 7.92. The topological polar surface area (TPSA) is 50.3 Å². The van der Waals surface area contributed by atoms with Gasteiger partial charge in [0, 0.05) is 12.4 Å². The van der Waals surface area contributed by atoms with E-state index in [4.69, 9.17) is 0 Å². The molecule has 26 heavy (non-hydrogen) atoms. The lowest BCUT2D eigenvalue weighted by Gasteiger charge is -2.25. The number of anilines is 1. The first-order valence-electron chi connectivity index (χ1n) is 8.45. The minimum Gasteiger partial charge on any atom is -0.265 e. The van der Waals surface area contributed by atoms with Crippen LogP contribution in [0.25, 0.3) is 0 Å². The fourth-order valence-corrected chi connectivity index (χ4v) is 4.31. The van der Waals surface area contributed by atoms with Gasteiger partial charge >= 0.3 is 0 Å². The van der Waals surface area contributed by atoms with Gasteiger partial charge in [0.2, 0.25) is 10.0 Å². The van der Waals surface area contributed by atoms with Crippen LogP contribution >= 0.6 is 0 Å². The highest BCUT2D eigenvalue weighted by Gasteiger charge is 2.23. The van der Waals surface area contributed by atoms with Crippen LogP contribution in [0.4, 0.5) is 5.69 Å². The molecule has 0 fully saturated rings. The minimum atomic E-state index is -3.55. The second-order valence-corrected chi connectivity index (χ2v) is 8.34. The van der Waals surface area contributed by atoms with E-state index >= 15 is 0 Å². The zero-order valence-corrected chi connectivity index (χ0v) is 15.8. The largest absolute Gasteiger partial charge is 0.265 e. The molecule has 0 aliphatic carbocycles. The number of sulfonamides is 1. The van der Waals surface area contributed by atoms with E-state index in [-0.39, 0.29) is 12.3 Å². The van der Waals surface area contributed by atoms with E-state index in [0.29, 0.717) is 5.69 Å². The molecule has 0 N–H and O–H groups in total. The molecule has 0 saturated heterocycles. The molecule has 5 heteroatoms. The van der Waals surface area contributed by atoms with Crippen molar-refractivity contribution in [1.29, 1.82) is 0 Å². The molecule has 3 rings (SSSR count). The Morgan fingerprint density at radius 1 is 0.885 bits per heavy atom.